The van der Waals surface area contributed by atoms with Crippen LogP contribution in [0.1, 0.15) is 22.1 Å². The van der Waals surface area contributed by atoms with Gasteiger partial charge >= 0.3 is 0 Å². The Labute approximate surface area is 131 Å². The molecule has 0 aliphatic heterocycles. The van der Waals surface area contributed by atoms with Crippen LogP contribution < -0.4 is 4.72 Å². The molecule has 2 N–H and O–H groups in total. The van der Waals surface area contributed by atoms with Gasteiger partial charge in [0.1, 0.15) is 0 Å². The van der Waals surface area contributed by atoms with Gasteiger partial charge in [0.15, 0.2) is 0 Å². The first-order valence-corrected chi connectivity index (χ1v) is 7.39. The Morgan fingerprint density at radius 2 is 2.35 bits per heavy atom. The highest BCUT2D eigenvalue weighted by molar-refractivity contribution is 7.88. The molecule has 6 heteroatoms. The normalized spacial score (nSPS) is 19.6. The van der Waals surface area contributed by atoms with Crippen molar-refractivity contribution in [1.82, 2.24) is 14.6 Å². The average molecular weight is 303 g/mol. The molecular formula is C14H21N3O2S. The van der Waals surface area contributed by atoms with E-state index in [4.69, 9.17) is 11.0 Å². The van der Waals surface area contributed by atoms with Crippen molar-refractivity contribution in [3.8, 4) is 0 Å². The van der Waals surface area contributed by atoms with Crippen LogP contribution in [0, 0.1) is 0 Å². The minimum absolute atomic E-state index is 0.0931. The standard InChI is InChI=1S/C14H21N3O2S/c1-15-20(18,19)10-11-4-5-14-13(8-11)12(9-16-14)6-7-17(2)3/h4-5,8-9,15-16H,6-7,10H2,1-3H3/i2D3,4D,5D,8D,10D2. The van der Waals surface area contributed by atoms with Gasteiger partial charge < -0.3 is 9.88 Å². The van der Waals surface area contributed by atoms with E-state index in [9.17, 15) is 8.42 Å². The van der Waals surface area contributed by atoms with E-state index in [-0.39, 0.29) is 23.9 Å². The molecule has 0 fully saturated rings. The van der Waals surface area contributed by atoms with Crippen molar-refractivity contribution in [2.75, 3.05) is 27.6 Å². The first kappa shape index (κ1) is 7.59. The van der Waals surface area contributed by atoms with Crippen LogP contribution in [-0.2, 0) is 22.1 Å². The number of benzene rings is 1. The topological polar surface area (TPSA) is 65.2 Å². The molecular weight excluding hydrogens is 274 g/mol. The van der Waals surface area contributed by atoms with Crippen molar-refractivity contribution in [3.05, 3.63) is 35.5 Å². The first-order valence-electron chi connectivity index (χ1n) is 9.91. The number of aromatic amines is 1. The van der Waals surface area contributed by atoms with Crippen LogP contribution in [0.25, 0.3) is 10.9 Å². The summed E-state index contributed by atoms with van der Waals surface area (Å²) in [5, 5.41) is 0.102. The molecule has 0 saturated carbocycles. The highest BCUT2D eigenvalue weighted by Gasteiger charge is 2.11. The van der Waals surface area contributed by atoms with Crippen molar-refractivity contribution >= 4 is 20.9 Å². The van der Waals surface area contributed by atoms with Gasteiger partial charge in [0.25, 0.3) is 0 Å². The lowest BCUT2D eigenvalue weighted by atomic mass is 10.1. The van der Waals surface area contributed by atoms with E-state index in [1.807, 2.05) is 4.72 Å². The molecule has 0 bridgehead atoms. The van der Waals surface area contributed by atoms with E-state index in [0.29, 0.717) is 5.56 Å². The van der Waals surface area contributed by atoms with Gasteiger partial charge in [0.2, 0.25) is 10.0 Å². The zero-order chi connectivity index (χ0) is 21.7. The Balaban J connectivity index is 2.67. The van der Waals surface area contributed by atoms with Gasteiger partial charge in [-0.2, -0.15) is 0 Å². The number of hydrogen-bond acceptors (Lipinski definition) is 3. The quantitative estimate of drug-likeness (QED) is 0.846. The summed E-state index contributed by atoms with van der Waals surface area (Å²) < 4.78 is 88.8. The lowest BCUT2D eigenvalue weighted by molar-refractivity contribution is 0.414. The molecule has 5 nitrogen and oxygen atoms in total. The average Bonchev–Trinajstić information content (AvgIpc) is 3.00. The van der Waals surface area contributed by atoms with Crippen LogP contribution in [0.4, 0.5) is 0 Å². The Kier molecular flexibility index (Phi) is 2.26. The number of aromatic nitrogens is 1. The molecule has 20 heavy (non-hydrogen) atoms. The smallest absolute Gasteiger partial charge is 0.215 e. The number of sulfonamides is 1. The summed E-state index contributed by atoms with van der Waals surface area (Å²) in [6.07, 6.45) is 1.62. The Hall–Kier alpha value is -1.37. The second-order valence-electron chi connectivity index (χ2n) is 4.30. The third kappa shape index (κ3) is 3.59. The third-order valence-electron chi connectivity index (χ3n) is 2.75. The maximum Gasteiger partial charge on any atom is 0.215 e. The van der Waals surface area contributed by atoms with Gasteiger partial charge in [-0.25, -0.2) is 13.1 Å². The van der Waals surface area contributed by atoms with Gasteiger partial charge in [-0.05, 0) is 50.7 Å². The zero-order valence-electron chi connectivity index (χ0n) is 19.2. The molecule has 0 amide bonds. The van der Waals surface area contributed by atoms with Crippen molar-refractivity contribution in [2.45, 2.75) is 12.1 Å². The summed E-state index contributed by atoms with van der Waals surface area (Å²) >= 11 is 0. The highest BCUT2D eigenvalue weighted by atomic mass is 32.2. The molecule has 0 spiro atoms. The van der Waals surface area contributed by atoms with Crippen LogP contribution >= 0.6 is 0 Å². The number of fused-ring (bicyclic) bond motifs is 1. The van der Waals surface area contributed by atoms with Crippen molar-refractivity contribution in [3.63, 3.8) is 0 Å². The number of nitrogens with zero attached hydrogens (tertiary/aromatic N) is 1. The number of H-pyrrole nitrogens is 1. The van der Waals surface area contributed by atoms with E-state index in [1.165, 1.54) is 13.2 Å². The Morgan fingerprint density at radius 1 is 1.55 bits per heavy atom. The van der Waals surface area contributed by atoms with Gasteiger partial charge in [-0.3, -0.25) is 0 Å². The summed E-state index contributed by atoms with van der Waals surface area (Å²) in [6.45, 7) is -2.22. The number of nitrogens with one attached hydrogen (secondary N) is 2. The maximum absolute atomic E-state index is 12.1. The predicted octanol–water partition coefficient (Wildman–Crippen LogP) is 1.32. The van der Waals surface area contributed by atoms with Crippen LogP contribution in [0.5, 0.6) is 0 Å². The molecule has 2 aromatic rings. The second kappa shape index (κ2) is 5.95. The molecule has 1 aromatic heterocycles. The van der Waals surface area contributed by atoms with Gasteiger partial charge in [0, 0.05) is 30.5 Å². The molecule has 1 heterocycles. The highest BCUT2D eigenvalue weighted by Crippen LogP contribution is 2.21. The summed E-state index contributed by atoms with van der Waals surface area (Å²) in [7, 11) is -2.13. The molecule has 0 radical (unpaired) electrons. The fourth-order valence-electron chi connectivity index (χ4n) is 1.71. The summed E-state index contributed by atoms with van der Waals surface area (Å²) in [6, 6.07) is -1.66. The monoisotopic (exact) mass is 303 g/mol. The third-order valence-corrected chi connectivity index (χ3v) is 3.76. The number of hydrogen-bond donors (Lipinski definition) is 2. The Morgan fingerprint density at radius 3 is 3.05 bits per heavy atom. The lowest BCUT2D eigenvalue weighted by Gasteiger charge is -2.08. The minimum atomic E-state index is -4.56. The van der Waals surface area contributed by atoms with Gasteiger partial charge in [-0.15, -0.1) is 0 Å². The van der Waals surface area contributed by atoms with Crippen LogP contribution in [0.3, 0.4) is 0 Å². The fraction of sp³-hybridized carbons (Fsp3) is 0.429. The SMILES string of the molecule is [2H]c1c(C([2H])([2H])S(=O)(=O)NC)c([2H])c2c(CCN(C)C([2H])([2H])[2H])c[nH]c2c1[2H]. The van der Waals surface area contributed by atoms with Crippen molar-refractivity contribution < 1.29 is 19.4 Å². The van der Waals surface area contributed by atoms with E-state index in [1.54, 1.807) is 0 Å². The minimum Gasteiger partial charge on any atom is -0.361 e. The molecule has 0 saturated heterocycles. The van der Waals surface area contributed by atoms with Crippen molar-refractivity contribution in [1.29, 1.82) is 0 Å². The van der Waals surface area contributed by atoms with Crippen molar-refractivity contribution in [2.24, 2.45) is 0 Å². The first-order chi connectivity index (χ1) is 12.7. The molecule has 0 aliphatic rings. The predicted molar refractivity (Wildman–Crippen MR) is 82.2 cm³/mol. The van der Waals surface area contributed by atoms with Gasteiger partial charge in [0.05, 0.1) is 9.82 Å². The maximum atomic E-state index is 12.1. The molecule has 1 aromatic carbocycles. The molecule has 0 aliphatic carbocycles. The molecule has 0 unspecified atom stereocenters. The largest absolute Gasteiger partial charge is 0.361 e. The van der Waals surface area contributed by atoms with Crippen LogP contribution in [-0.4, -0.2) is 45.9 Å². The summed E-state index contributed by atoms with van der Waals surface area (Å²) in [5.74, 6) is 0. The molecule has 110 valence electrons. The second-order valence-corrected chi connectivity index (χ2v) is 5.91. The summed E-state index contributed by atoms with van der Waals surface area (Å²) in [4.78, 5) is 3.88. The van der Waals surface area contributed by atoms with E-state index < -0.39 is 46.4 Å². The number of likely N-dealkylation sites (N-methyl/N-ethyl adjacent to an activating group) is 1. The fourth-order valence-corrected chi connectivity index (χ4v) is 2.18. The number of rotatable bonds is 6. The van der Waals surface area contributed by atoms with E-state index >= 15 is 0 Å². The van der Waals surface area contributed by atoms with E-state index in [0.717, 1.165) is 11.9 Å². The van der Waals surface area contributed by atoms with Gasteiger partial charge in [-0.1, -0.05) is 6.04 Å². The summed E-state index contributed by atoms with van der Waals surface area (Å²) in [5.41, 5.74) is -3.31. The Bertz CT molecular complexity index is 1000. The molecule has 0 atom stereocenters. The molecule has 2 rings (SSSR count). The van der Waals surface area contributed by atoms with Crippen LogP contribution in [0.15, 0.2) is 24.3 Å². The lowest BCUT2D eigenvalue weighted by Crippen LogP contribution is -2.20. The van der Waals surface area contributed by atoms with Crippen LogP contribution in [0.2, 0.25) is 0 Å². The van der Waals surface area contributed by atoms with E-state index in [2.05, 4.69) is 4.98 Å². The zero-order valence-corrected chi connectivity index (χ0v) is 12.0.